The molecule has 0 atom stereocenters. The first kappa shape index (κ1) is 16.2. The number of aryl methyl sites for hydroxylation is 1. The third kappa shape index (κ3) is 3.67. The second-order valence-electron chi connectivity index (χ2n) is 5.45. The van der Waals surface area contributed by atoms with E-state index in [1.54, 1.807) is 46.9 Å². The molecule has 0 saturated heterocycles. The number of imidazole rings is 1. The third-order valence-electron chi connectivity index (χ3n) is 3.61. The fraction of sp³-hybridized carbons (Fsp3) is 0.118. The SMILES string of the molecule is O=C(CCc1nc(-c2ccsc2)no1)Nc1ccc(-n2ccnc2)nc1. The normalized spacial score (nSPS) is 10.8. The summed E-state index contributed by atoms with van der Waals surface area (Å²) >= 11 is 1.57. The van der Waals surface area contributed by atoms with E-state index >= 15 is 0 Å². The third-order valence-corrected chi connectivity index (χ3v) is 4.30. The van der Waals surface area contributed by atoms with Gasteiger partial charge in [-0.2, -0.15) is 16.3 Å². The van der Waals surface area contributed by atoms with E-state index in [-0.39, 0.29) is 12.3 Å². The number of carbonyl (C=O) groups is 1. The molecule has 26 heavy (non-hydrogen) atoms. The molecule has 0 aromatic carbocycles. The number of anilines is 1. The van der Waals surface area contributed by atoms with Crippen molar-refractivity contribution in [3.63, 3.8) is 0 Å². The van der Waals surface area contributed by atoms with Crippen LogP contribution in [-0.2, 0) is 11.2 Å². The minimum Gasteiger partial charge on any atom is -0.339 e. The first-order valence-electron chi connectivity index (χ1n) is 7.87. The van der Waals surface area contributed by atoms with Gasteiger partial charge in [-0.15, -0.1) is 0 Å². The van der Waals surface area contributed by atoms with Crippen molar-refractivity contribution in [2.75, 3.05) is 5.32 Å². The van der Waals surface area contributed by atoms with Crippen molar-refractivity contribution in [3.8, 4) is 17.2 Å². The molecule has 0 unspecified atom stereocenters. The van der Waals surface area contributed by atoms with Gasteiger partial charge in [-0.1, -0.05) is 5.16 Å². The van der Waals surface area contributed by atoms with Gasteiger partial charge < -0.3 is 9.84 Å². The summed E-state index contributed by atoms with van der Waals surface area (Å²) in [6, 6.07) is 5.52. The molecule has 4 rings (SSSR count). The minimum atomic E-state index is -0.141. The summed E-state index contributed by atoms with van der Waals surface area (Å²) in [7, 11) is 0. The smallest absolute Gasteiger partial charge is 0.227 e. The summed E-state index contributed by atoms with van der Waals surface area (Å²) in [5, 5.41) is 10.6. The average Bonchev–Trinajstić information content (AvgIpc) is 3.42. The zero-order chi connectivity index (χ0) is 17.8. The van der Waals surface area contributed by atoms with Crippen LogP contribution in [0.1, 0.15) is 12.3 Å². The van der Waals surface area contributed by atoms with E-state index in [2.05, 4.69) is 25.4 Å². The zero-order valence-electron chi connectivity index (χ0n) is 13.6. The summed E-state index contributed by atoms with van der Waals surface area (Å²) in [6.07, 6.45) is 7.37. The minimum absolute atomic E-state index is 0.141. The van der Waals surface area contributed by atoms with Gasteiger partial charge in [-0.3, -0.25) is 9.36 Å². The van der Waals surface area contributed by atoms with E-state index in [4.69, 9.17) is 4.52 Å². The second-order valence-corrected chi connectivity index (χ2v) is 6.23. The molecule has 0 spiro atoms. The van der Waals surface area contributed by atoms with Crippen LogP contribution in [0.25, 0.3) is 17.2 Å². The highest BCUT2D eigenvalue weighted by Crippen LogP contribution is 2.19. The number of amides is 1. The van der Waals surface area contributed by atoms with E-state index in [1.165, 1.54) is 0 Å². The Bertz CT molecular complexity index is 977. The molecule has 4 aromatic rings. The maximum Gasteiger partial charge on any atom is 0.227 e. The number of pyridine rings is 1. The van der Waals surface area contributed by atoms with Gasteiger partial charge in [-0.05, 0) is 23.6 Å². The van der Waals surface area contributed by atoms with Gasteiger partial charge in [0.2, 0.25) is 17.6 Å². The van der Waals surface area contributed by atoms with Crippen LogP contribution < -0.4 is 5.32 Å². The van der Waals surface area contributed by atoms with Crippen molar-refractivity contribution in [2.24, 2.45) is 0 Å². The maximum absolute atomic E-state index is 12.1. The Morgan fingerprint density at radius 3 is 3.00 bits per heavy atom. The molecule has 4 aromatic heterocycles. The van der Waals surface area contributed by atoms with Gasteiger partial charge in [0.25, 0.3) is 0 Å². The summed E-state index contributed by atoms with van der Waals surface area (Å²) in [4.78, 5) is 24.7. The predicted molar refractivity (Wildman–Crippen MR) is 95.9 cm³/mol. The molecule has 0 aliphatic rings. The molecular weight excluding hydrogens is 352 g/mol. The molecule has 4 heterocycles. The number of hydrogen-bond donors (Lipinski definition) is 1. The first-order chi connectivity index (χ1) is 12.8. The number of nitrogens with zero attached hydrogens (tertiary/aromatic N) is 5. The topological polar surface area (TPSA) is 98.7 Å². The first-order valence-corrected chi connectivity index (χ1v) is 8.81. The highest BCUT2D eigenvalue weighted by Gasteiger charge is 2.11. The van der Waals surface area contributed by atoms with E-state index < -0.39 is 0 Å². The summed E-state index contributed by atoms with van der Waals surface area (Å²) < 4.78 is 6.97. The standard InChI is InChI=1S/C17H14N6O2S/c24-15(3-4-16-21-17(22-25-16)12-5-8-26-10-12)20-13-1-2-14(19-9-13)23-7-6-18-11-23/h1-2,5-11H,3-4H2,(H,20,24). The molecule has 0 aliphatic carbocycles. The predicted octanol–water partition coefficient (Wildman–Crippen LogP) is 2.95. The Hall–Kier alpha value is -3.33. The Balaban J connectivity index is 1.31. The highest BCUT2D eigenvalue weighted by atomic mass is 32.1. The summed E-state index contributed by atoms with van der Waals surface area (Å²) in [6.45, 7) is 0. The summed E-state index contributed by atoms with van der Waals surface area (Å²) in [5.41, 5.74) is 1.54. The number of carbonyl (C=O) groups excluding carboxylic acids is 1. The van der Waals surface area contributed by atoms with E-state index in [1.807, 2.05) is 22.9 Å². The quantitative estimate of drug-likeness (QED) is 0.563. The van der Waals surface area contributed by atoms with Crippen LogP contribution >= 0.6 is 11.3 Å². The van der Waals surface area contributed by atoms with Gasteiger partial charge in [0.05, 0.1) is 11.9 Å². The highest BCUT2D eigenvalue weighted by molar-refractivity contribution is 7.08. The molecule has 0 bridgehead atoms. The molecule has 9 heteroatoms. The molecule has 0 aliphatic heterocycles. The van der Waals surface area contributed by atoms with Crippen molar-refractivity contribution >= 4 is 22.9 Å². The Morgan fingerprint density at radius 2 is 2.27 bits per heavy atom. The average molecular weight is 366 g/mol. The molecule has 0 saturated carbocycles. The van der Waals surface area contributed by atoms with E-state index in [0.29, 0.717) is 23.8 Å². The number of nitrogens with one attached hydrogen (secondary N) is 1. The van der Waals surface area contributed by atoms with Gasteiger partial charge in [0.1, 0.15) is 12.1 Å². The Labute approximate surface area is 152 Å². The van der Waals surface area contributed by atoms with Crippen molar-refractivity contribution in [1.29, 1.82) is 0 Å². The fourth-order valence-corrected chi connectivity index (χ4v) is 2.95. The molecule has 8 nitrogen and oxygen atoms in total. The molecule has 0 fully saturated rings. The lowest BCUT2D eigenvalue weighted by atomic mass is 10.3. The number of rotatable bonds is 6. The van der Waals surface area contributed by atoms with Crippen LogP contribution in [0.15, 0.2) is 58.4 Å². The van der Waals surface area contributed by atoms with Crippen LogP contribution in [0.5, 0.6) is 0 Å². The maximum atomic E-state index is 12.1. The van der Waals surface area contributed by atoms with Crippen LogP contribution in [0.4, 0.5) is 5.69 Å². The lowest BCUT2D eigenvalue weighted by molar-refractivity contribution is -0.116. The summed E-state index contributed by atoms with van der Waals surface area (Å²) in [5.74, 6) is 1.57. The molecule has 0 radical (unpaired) electrons. The van der Waals surface area contributed by atoms with Crippen LogP contribution in [0.2, 0.25) is 0 Å². The van der Waals surface area contributed by atoms with Crippen LogP contribution in [0.3, 0.4) is 0 Å². The van der Waals surface area contributed by atoms with Crippen LogP contribution in [0, 0.1) is 0 Å². The largest absolute Gasteiger partial charge is 0.339 e. The Kier molecular flexibility index (Phi) is 4.52. The number of thiophene rings is 1. The van der Waals surface area contributed by atoms with Crippen molar-refractivity contribution in [3.05, 3.63) is 59.8 Å². The molecule has 1 N–H and O–H groups in total. The lowest BCUT2D eigenvalue weighted by Gasteiger charge is -2.05. The number of aromatic nitrogens is 5. The van der Waals surface area contributed by atoms with Crippen molar-refractivity contribution in [1.82, 2.24) is 24.7 Å². The van der Waals surface area contributed by atoms with Gasteiger partial charge in [0, 0.05) is 36.2 Å². The molecule has 1 amide bonds. The fourth-order valence-electron chi connectivity index (χ4n) is 2.32. The number of hydrogen-bond acceptors (Lipinski definition) is 7. The lowest BCUT2D eigenvalue weighted by Crippen LogP contribution is -2.12. The van der Waals surface area contributed by atoms with Crippen molar-refractivity contribution in [2.45, 2.75) is 12.8 Å². The van der Waals surface area contributed by atoms with E-state index in [0.717, 1.165) is 11.4 Å². The van der Waals surface area contributed by atoms with Gasteiger partial charge >= 0.3 is 0 Å². The Morgan fingerprint density at radius 1 is 1.31 bits per heavy atom. The van der Waals surface area contributed by atoms with Crippen molar-refractivity contribution < 1.29 is 9.32 Å². The molecular formula is C17H14N6O2S. The monoisotopic (exact) mass is 366 g/mol. The second kappa shape index (κ2) is 7.28. The van der Waals surface area contributed by atoms with Gasteiger partial charge in [-0.25, -0.2) is 9.97 Å². The van der Waals surface area contributed by atoms with E-state index in [9.17, 15) is 4.79 Å². The zero-order valence-corrected chi connectivity index (χ0v) is 14.4. The molecule has 130 valence electrons. The van der Waals surface area contributed by atoms with Gasteiger partial charge in [0.15, 0.2) is 0 Å². The van der Waals surface area contributed by atoms with Crippen LogP contribution in [-0.4, -0.2) is 30.6 Å².